The van der Waals surface area contributed by atoms with Gasteiger partial charge in [0.15, 0.2) is 0 Å². The van der Waals surface area contributed by atoms with E-state index in [1.54, 1.807) is 5.57 Å². The van der Waals surface area contributed by atoms with E-state index in [0.717, 1.165) is 25.6 Å². The van der Waals surface area contributed by atoms with Crippen molar-refractivity contribution >= 4 is 8.80 Å². The zero-order valence-electron chi connectivity index (χ0n) is 23.3. The molecule has 1 aliphatic rings. The summed E-state index contributed by atoms with van der Waals surface area (Å²) in [4.78, 5) is 0. The molecule has 0 unspecified atom stereocenters. The fourth-order valence-corrected chi connectivity index (χ4v) is 7.08. The highest BCUT2D eigenvalue weighted by Gasteiger charge is 2.39. The molecule has 5 heteroatoms. The van der Waals surface area contributed by atoms with Gasteiger partial charge in [-0.05, 0) is 84.8 Å². The fraction of sp³-hybridized carbons (Fsp3) is 0.655. The zero-order valence-corrected chi connectivity index (χ0v) is 24.3. The summed E-state index contributed by atoms with van der Waals surface area (Å²) in [6.07, 6.45) is 18.1. The first-order chi connectivity index (χ1) is 16.2. The van der Waals surface area contributed by atoms with Crippen LogP contribution in [0.25, 0.3) is 0 Å². The first-order valence-electron chi connectivity index (χ1n) is 13.2. The second-order valence-corrected chi connectivity index (χ2v) is 12.5. The van der Waals surface area contributed by atoms with Crippen molar-refractivity contribution in [1.29, 1.82) is 0 Å². The predicted molar refractivity (Wildman–Crippen MR) is 149 cm³/mol. The van der Waals surface area contributed by atoms with Crippen LogP contribution in [0.1, 0.15) is 81.1 Å². The highest BCUT2D eigenvalue weighted by Crippen LogP contribution is 2.40. The topological polar surface area (TPSA) is 39.7 Å². The Morgan fingerprint density at radius 1 is 1.00 bits per heavy atom. The van der Waals surface area contributed by atoms with Gasteiger partial charge in [0.1, 0.15) is 0 Å². The highest BCUT2D eigenvalue weighted by molar-refractivity contribution is 6.60. The molecule has 0 saturated heterocycles. The summed E-state index contributed by atoms with van der Waals surface area (Å²) in [5.74, 6) is 0. The van der Waals surface area contributed by atoms with Crippen LogP contribution < -0.4 is 5.32 Å². The average Bonchev–Trinajstić information content (AvgIpc) is 2.76. The van der Waals surface area contributed by atoms with Gasteiger partial charge in [0.25, 0.3) is 0 Å². The third-order valence-electron chi connectivity index (χ3n) is 6.27. The first-order valence-corrected chi connectivity index (χ1v) is 15.2. The molecule has 0 aliphatic heterocycles. The Hall–Kier alpha value is -1.24. The lowest BCUT2D eigenvalue weighted by Crippen LogP contribution is -2.46. The van der Waals surface area contributed by atoms with Crippen molar-refractivity contribution in [2.24, 2.45) is 5.41 Å². The lowest BCUT2D eigenvalue weighted by atomic mass is 9.72. The van der Waals surface area contributed by atoms with E-state index in [9.17, 15) is 0 Å². The Balaban J connectivity index is 2.46. The van der Waals surface area contributed by atoms with Crippen molar-refractivity contribution in [3.8, 4) is 0 Å². The number of hydrogen-bond donors (Lipinski definition) is 1. The number of nitrogens with one attached hydrogen (secondary N) is 1. The smallest absolute Gasteiger partial charge is 0.374 e. The monoisotopic (exact) mass is 489 g/mol. The summed E-state index contributed by atoms with van der Waals surface area (Å²) in [5, 5.41) is 3.50. The van der Waals surface area contributed by atoms with Crippen molar-refractivity contribution in [2.75, 3.05) is 32.9 Å². The molecule has 1 N–H and O–H groups in total. The van der Waals surface area contributed by atoms with Crippen LogP contribution in [0.3, 0.4) is 0 Å². The van der Waals surface area contributed by atoms with Gasteiger partial charge < -0.3 is 18.6 Å². The van der Waals surface area contributed by atoms with E-state index in [1.165, 1.54) is 36.0 Å². The Kier molecular flexibility index (Phi) is 14.9. The van der Waals surface area contributed by atoms with Crippen molar-refractivity contribution < 1.29 is 13.3 Å². The second kappa shape index (κ2) is 16.4. The molecule has 0 fully saturated rings. The molecule has 0 radical (unpaired) electrons. The van der Waals surface area contributed by atoms with E-state index in [2.05, 4.69) is 76.4 Å². The van der Waals surface area contributed by atoms with E-state index < -0.39 is 8.80 Å². The van der Waals surface area contributed by atoms with Crippen LogP contribution in [0.15, 0.2) is 58.7 Å². The van der Waals surface area contributed by atoms with Gasteiger partial charge in [0.2, 0.25) is 0 Å². The summed E-state index contributed by atoms with van der Waals surface area (Å²) in [5.41, 5.74) is 5.88. The normalized spacial score (nSPS) is 18.0. The Bertz CT molecular complexity index is 729. The molecule has 0 bridgehead atoms. The van der Waals surface area contributed by atoms with Gasteiger partial charge in [-0.2, -0.15) is 0 Å². The molecule has 0 aromatic rings. The molecular weight excluding hydrogens is 438 g/mol. The number of hydrogen-bond acceptors (Lipinski definition) is 4. The molecule has 0 saturated carbocycles. The lowest BCUT2D eigenvalue weighted by molar-refractivity contribution is 0.0708. The molecule has 194 valence electrons. The quantitative estimate of drug-likeness (QED) is 0.138. The highest BCUT2D eigenvalue weighted by atomic mass is 28.4. The van der Waals surface area contributed by atoms with E-state index in [0.29, 0.717) is 25.2 Å². The summed E-state index contributed by atoms with van der Waals surface area (Å²) < 4.78 is 17.8. The first kappa shape index (κ1) is 30.8. The van der Waals surface area contributed by atoms with Gasteiger partial charge in [0, 0.05) is 32.4 Å². The molecule has 0 atom stereocenters. The van der Waals surface area contributed by atoms with Gasteiger partial charge in [-0.3, -0.25) is 0 Å². The predicted octanol–water partition coefficient (Wildman–Crippen LogP) is 7.55. The number of rotatable bonds is 16. The second-order valence-electron chi connectivity index (χ2n) is 9.77. The van der Waals surface area contributed by atoms with Crippen molar-refractivity contribution in [2.45, 2.75) is 87.1 Å². The molecule has 0 aromatic heterocycles. The fourth-order valence-electron chi connectivity index (χ4n) is 4.47. The van der Waals surface area contributed by atoms with Gasteiger partial charge in [0.05, 0.1) is 0 Å². The molecule has 0 heterocycles. The van der Waals surface area contributed by atoms with Crippen LogP contribution in [0, 0.1) is 5.41 Å². The standard InChI is InChI=1S/C29H51NO3Si/c1-9-31-34(32-10-2,33-11-3)24-14-22-30-23-20-26(5)16-12-15-25(4)18-19-28-27(6)17-13-21-29(28,7)8/h12,15-16,18-20,30H,9-11,13-14,17,21-24H2,1-8H3/b16-12+,19-18+,25-15+,26-20+. The Morgan fingerprint density at radius 2 is 1.65 bits per heavy atom. The lowest BCUT2D eigenvalue weighted by Gasteiger charge is -2.32. The maximum absolute atomic E-state index is 5.92. The van der Waals surface area contributed by atoms with Gasteiger partial charge in [-0.25, -0.2) is 0 Å². The third-order valence-corrected chi connectivity index (χ3v) is 9.42. The molecule has 0 spiro atoms. The van der Waals surface area contributed by atoms with Gasteiger partial charge >= 0.3 is 8.80 Å². The summed E-state index contributed by atoms with van der Waals surface area (Å²) >= 11 is 0. The van der Waals surface area contributed by atoms with Crippen molar-refractivity contribution in [3.05, 3.63) is 58.7 Å². The third kappa shape index (κ3) is 11.5. The van der Waals surface area contributed by atoms with E-state index in [4.69, 9.17) is 13.3 Å². The average molecular weight is 490 g/mol. The minimum Gasteiger partial charge on any atom is -0.374 e. The minimum atomic E-state index is -2.52. The molecule has 34 heavy (non-hydrogen) atoms. The summed E-state index contributed by atoms with van der Waals surface area (Å²) in [7, 11) is -2.52. The van der Waals surface area contributed by atoms with Crippen LogP contribution in [-0.2, 0) is 13.3 Å². The van der Waals surface area contributed by atoms with Crippen LogP contribution in [0.2, 0.25) is 6.04 Å². The molecule has 4 nitrogen and oxygen atoms in total. The van der Waals surface area contributed by atoms with Gasteiger partial charge in [-0.15, -0.1) is 0 Å². The maximum atomic E-state index is 5.92. The van der Waals surface area contributed by atoms with E-state index >= 15 is 0 Å². The Labute approximate surface area is 211 Å². The summed E-state index contributed by atoms with van der Waals surface area (Å²) in [6, 6.07) is 0.851. The SMILES string of the molecule is CCO[Si](CCCNC/C=C(C)/C=C/C=C(C)/C=C/C1=C(C)CCCC1(C)C)(OCC)OCC. The molecule has 0 amide bonds. The van der Waals surface area contributed by atoms with Gasteiger partial charge in [-0.1, -0.05) is 67.0 Å². The molecular formula is C29H51NO3Si. The van der Waals surface area contributed by atoms with E-state index in [-0.39, 0.29) is 0 Å². The van der Waals surface area contributed by atoms with Crippen molar-refractivity contribution in [1.82, 2.24) is 5.32 Å². The summed E-state index contributed by atoms with van der Waals surface area (Å²) in [6.45, 7) is 21.0. The Morgan fingerprint density at radius 3 is 2.24 bits per heavy atom. The molecule has 0 aromatic carbocycles. The van der Waals surface area contributed by atoms with Crippen molar-refractivity contribution in [3.63, 3.8) is 0 Å². The molecule has 1 rings (SSSR count). The molecule has 1 aliphatic carbocycles. The number of allylic oxidation sites excluding steroid dienone is 9. The van der Waals surface area contributed by atoms with Crippen LogP contribution >= 0.6 is 0 Å². The maximum Gasteiger partial charge on any atom is 0.500 e. The van der Waals surface area contributed by atoms with E-state index in [1.807, 2.05) is 20.8 Å². The minimum absolute atomic E-state index is 0.292. The van der Waals surface area contributed by atoms with Crippen LogP contribution in [-0.4, -0.2) is 41.7 Å². The van der Waals surface area contributed by atoms with Crippen LogP contribution in [0.4, 0.5) is 0 Å². The zero-order chi connectivity index (χ0) is 25.5. The van der Waals surface area contributed by atoms with Crippen LogP contribution in [0.5, 0.6) is 0 Å². The largest absolute Gasteiger partial charge is 0.500 e.